The Morgan fingerprint density at radius 3 is 2.42 bits per heavy atom. The number of nitrogens with zero attached hydrogens (tertiary/aromatic N) is 3. The zero-order chi connectivity index (χ0) is 23.6. The Morgan fingerprint density at radius 2 is 1.76 bits per heavy atom. The summed E-state index contributed by atoms with van der Waals surface area (Å²) in [6.45, 7) is 2.85. The third kappa shape index (κ3) is 4.70. The lowest BCUT2D eigenvalue weighted by Crippen LogP contribution is -2.63. The molecule has 3 N–H and O–H groups in total. The summed E-state index contributed by atoms with van der Waals surface area (Å²) < 4.78 is 1.12. The third-order valence-corrected chi connectivity index (χ3v) is 7.31. The standard InChI is InChI=1S/C23H30ClN5O4/c24-16-6-7-17-18(15-16)26-22(33)29(20(17)31)12-4-5-19(30)27-13-8-23(9-14-27,21(25)32)28-10-2-1-3-11-28/h6-7,15H,1-5,8-14H2,(H2,25,32)(H,26,33). The second kappa shape index (κ2) is 9.69. The molecule has 2 saturated heterocycles. The average Bonchev–Trinajstić information content (AvgIpc) is 2.81. The van der Waals surface area contributed by atoms with Crippen molar-refractivity contribution in [2.75, 3.05) is 26.2 Å². The second-order valence-electron chi connectivity index (χ2n) is 9.00. The molecule has 0 bridgehead atoms. The van der Waals surface area contributed by atoms with Crippen LogP contribution in [0.15, 0.2) is 27.8 Å². The van der Waals surface area contributed by atoms with E-state index >= 15 is 0 Å². The minimum atomic E-state index is -0.661. The summed E-state index contributed by atoms with van der Waals surface area (Å²) in [6, 6.07) is 4.72. The molecule has 178 valence electrons. The molecule has 4 rings (SSSR count). The Bertz CT molecular complexity index is 1160. The molecule has 2 aliphatic rings. The van der Waals surface area contributed by atoms with Crippen LogP contribution in [0.25, 0.3) is 10.9 Å². The first-order valence-electron chi connectivity index (χ1n) is 11.6. The van der Waals surface area contributed by atoms with E-state index in [-0.39, 0.29) is 24.8 Å². The van der Waals surface area contributed by atoms with E-state index in [4.69, 9.17) is 17.3 Å². The van der Waals surface area contributed by atoms with Crippen LogP contribution in [0.5, 0.6) is 0 Å². The molecule has 2 fully saturated rings. The van der Waals surface area contributed by atoms with Crippen LogP contribution in [-0.2, 0) is 16.1 Å². The van der Waals surface area contributed by atoms with Crippen LogP contribution >= 0.6 is 11.6 Å². The normalized spacial score (nSPS) is 19.0. The Labute approximate surface area is 196 Å². The number of fused-ring (bicyclic) bond motifs is 1. The van der Waals surface area contributed by atoms with E-state index in [0.29, 0.717) is 48.3 Å². The highest BCUT2D eigenvalue weighted by atomic mass is 35.5. The summed E-state index contributed by atoms with van der Waals surface area (Å²) in [7, 11) is 0. The first-order valence-corrected chi connectivity index (χ1v) is 11.9. The van der Waals surface area contributed by atoms with Gasteiger partial charge in [-0.2, -0.15) is 0 Å². The highest BCUT2D eigenvalue weighted by Crippen LogP contribution is 2.31. The molecular weight excluding hydrogens is 446 g/mol. The first kappa shape index (κ1) is 23.5. The Balaban J connectivity index is 1.36. The van der Waals surface area contributed by atoms with E-state index in [1.807, 2.05) is 0 Å². The number of carbonyl (C=O) groups is 2. The third-order valence-electron chi connectivity index (χ3n) is 7.08. The molecule has 1 aromatic carbocycles. The molecule has 3 heterocycles. The second-order valence-corrected chi connectivity index (χ2v) is 9.44. The van der Waals surface area contributed by atoms with Gasteiger partial charge in [0.15, 0.2) is 0 Å². The highest BCUT2D eigenvalue weighted by molar-refractivity contribution is 6.31. The first-order chi connectivity index (χ1) is 15.8. The number of H-pyrrole nitrogens is 1. The van der Waals surface area contributed by atoms with Crippen LogP contribution in [0.4, 0.5) is 0 Å². The van der Waals surface area contributed by atoms with Crippen LogP contribution in [0, 0.1) is 0 Å². The highest BCUT2D eigenvalue weighted by Gasteiger charge is 2.45. The van der Waals surface area contributed by atoms with Crippen molar-refractivity contribution >= 4 is 34.3 Å². The van der Waals surface area contributed by atoms with E-state index in [0.717, 1.165) is 30.5 Å². The number of carbonyl (C=O) groups excluding carboxylic acids is 2. The van der Waals surface area contributed by atoms with E-state index in [2.05, 4.69) is 9.88 Å². The smallest absolute Gasteiger partial charge is 0.328 e. The molecule has 0 atom stereocenters. The lowest BCUT2D eigenvalue weighted by Gasteiger charge is -2.48. The van der Waals surface area contributed by atoms with Gasteiger partial charge in [0.2, 0.25) is 11.8 Å². The number of hydrogen-bond donors (Lipinski definition) is 2. The van der Waals surface area contributed by atoms with Crippen molar-refractivity contribution in [1.82, 2.24) is 19.4 Å². The predicted octanol–water partition coefficient (Wildman–Crippen LogP) is 1.46. The number of aromatic amines is 1. The largest absolute Gasteiger partial charge is 0.368 e. The fraction of sp³-hybridized carbons (Fsp3) is 0.565. The summed E-state index contributed by atoms with van der Waals surface area (Å²) in [5, 5.41) is 0.810. The van der Waals surface area contributed by atoms with E-state index in [1.165, 1.54) is 6.42 Å². The van der Waals surface area contributed by atoms with Gasteiger partial charge in [-0.15, -0.1) is 0 Å². The van der Waals surface area contributed by atoms with Crippen LogP contribution in [-0.4, -0.2) is 62.9 Å². The van der Waals surface area contributed by atoms with Crippen molar-refractivity contribution in [2.24, 2.45) is 5.73 Å². The molecule has 33 heavy (non-hydrogen) atoms. The van der Waals surface area contributed by atoms with E-state index in [1.54, 1.807) is 23.1 Å². The summed E-state index contributed by atoms with van der Waals surface area (Å²) in [6.07, 6.45) is 4.98. The Morgan fingerprint density at radius 1 is 1.06 bits per heavy atom. The number of likely N-dealkylation sites (tertiary alicyclic amines) is 2. The molecule has 10 heteroatoms. The van der Waals surface area contributed by atoms with Gasteiger partial charge >= 0.3 is 5.69 Å². The molecule has 0 saturated carbocycles. The van der Waals surface area contributed by atoms with Gasteiger partial charge in [-0.25, -0.2) is 4.79 Å². The minimum absolute atomic E-state index is 0.0382. The maximum atomic E-state index is 12.8. The monoisotopic (exact) mass is 475 g/mol. The number of nitrogens with one attached hydrogen (secondary N) is 1. The fourth-order valence-electron chi connectivity index (χ4n) is 5.14. The van der Waals surface area contributed by atoms with Gasteiger partial charge in [-0.1, -0.05) is 18.0 Å². The van der Waals surface area contributed by atoms with Gasteiger partial charge in [0.1, 0.15) is 5.54 Å². The van der Waals surface area contributed by atoms with Gasteiger partial charge in [0.05, 0.1) is 10.9 Å². The van der Waals surface area contributed by atoms with Crippen molar-refractivity contribution in [2.45, 2.75) is 57.0 Å². The topological polar surface area (TPSA) is 122 Å². The van der Waals surface area contributed by atoms with Crippen molar-refractivity contribution in [1.29, 1.82) is 0 Å². The number of nitrogens with two attached hydrogens (primary N) is 1. The number of amides is 2. The van der Waals surface area contributed by atoms with Crippen molar-refractivity contribution in [3.05, 3.63) is 44.1 Å². The molecule has 0 radical (unpaired) electrons. The number of hydrogen-bond acceptors (Lipinski definition) is 5. The van der Waals surface area contributed by atoms with Crippen molar-refractivity contribution in [3.8, 4) is 0 Å². The SMILES string of the molecule is NC(=O)C1(N2CCCCC2)CCN(C(=O)CCCn2c(=O)[nH]c3cc(Cl)ccc3c2=O)CC1. The number of primary amides is 1. The predicted molar refractivity (Wildman–Crippen MR) is 126 cm³/mol. The van der Waals surface area contributed by atoms with Crippen LogP contribution in [0.2, 0.25) is 5.02 Å². The number of halogens is 1. The summed E-state index contributed by atoms with van der Waals surface area (Å²) in [5.74, 6) is -0.337. The molecule has 9 nitrogen and oxygen atoms in total. The summed E-state index contributed by atoms with van der Waals surface area (Å²) in [5.41, 5.74) is 4.63. The molecule has 2 amide bonds. The molecule has 1 aromatic heterocycles. The molecule has 0 spiro atoms. The van der Waals surface area contributed by atoms with E-state index in [9.17, 15) is 19.2 Å². The zero-order valence-corrected chi connectivity index (χ0v) is 19.4. The number of benzene rings is 1. The van der Waals surface area contributed by atoms with Gasteiger partial charge in [0.25, 0.3) is 5.56 Å². The van der Waals surface area contributed by atoms with Crippen LogP contribution in [0.3, 0.4) is 0 Å². The Hall–Kier alpha value is -2.65. The summed E-state index contributed by atoms with van der Waals surface area (Å²) in [4.78, 5) is 56.8. The lowest BCUT2D eigenvalue weighted by molar-refractivity contribution is -0.142. The summed E-state index contributed by atoms with van der Waals surface area (Å²) >= 11 is 5.93. The van der Waals surface area contributed by atoms with Gasteiger partial charge in [-0.3, -0.25) is 23.9 Å². The zero-order valence-electron chi connectivity index (χ0n) is 18.6. The van der Waals surface area contributed by atoms with Gasteiger partial charge < -0.3 is 15.6 Å². The fourth-order valence-corrected chi connectivity index (χ4v) is 5.31. The molecule has 2 aliphatic heterocycles. The minimum Gasteiger partial charge on any atom is -0.368 e. The van der Waals surface area contributed by atoms with Gasteiger partial charge in [-0.05, 0) is 63.4 Å². The molecule has 2 aromatic rings. The van der Waals surface area contributed by atoms with Crippen molar-refractivity contribution < 1.29 is 9.59 Å². The van der Waals surface area contributed by atoms with Crippen LogP contribution < -0.4 is 17.0 Å². The average molecular weight is 476 g/mol. The quantitative estimate of drug-likeness (QED) is 0.655. The molecule has 0 unspecified atom stereocenters. The lowest BCUT2D eigenvalue weighted by atomic mass is 9.83. The van der Waals surface area contributed by atoms with Gasteiger partial charge in [0, 0.05) is 31.1 Å². The maximum absolute atomic E-state index is 12.8. The molecule has 0 aliphatic carbocycles. The number of aromatic nitrogens is 2. The molecular formula is C23H30ClN5O4. The number of rotatable bonds is 6. The van der Waals surface area contributed by atoms with Crippen LogP contribution in [0.1, 0.15) is 44.9 Å². The maximum Gasteiger partial charge on any atom is 0.328 e. The number of piperidine rings is 2. The Kier molecular flexibility index (Phi) is 6.90. The van der Waals surface area contributed by atoms with Crippen molar-refractivity contribution in [3.63, 3.8) is 0 Å². The van der Waals surface area contributed by atoms with E-state index < -0.39 is 16.8 Å².